The van der Waals surface area contributed by atoms with Crippen molar-refractivity contribution >= 4 is 5.82 Å². The molecule has 0 atom stereocenters. The zero-order chi connectivity index (χ0) is 14.7. The molecule has 0 aliphatic heterocycles. The third kappa shape index (κ3) is 2.75. The van der Waals surface area contributed by atoms with Crippen LogP contribution in [0.25, 0.3) is 11.5 Å². The van der Waals surface area contributed by atoms with Crippen LogP contribution in [-0.2, 0) is 19.3 Å². The molecule has 2 aromatic heterocycles. The van der Waals surface area contributed by atoms with Gasteiger partial charge in [0.25, 0.3) is 0 Å². The maximum atomic E-state index is 4.79. The molecule has 0 bridgehead atoms. The number of rotatable bonds is 5. The lowest BCUT2D eigenvalue weighted by Crippen LogP contribution is -2.09. The number of pyridine rings is 1. The first-order chi connectivity index (χ1) is 10.3. The van der Waals surface area contributed by atoms with E-state index in [4.69, 9.17) is 9.97 Å². The molecular formula is C17H22N4. The minimum absolute atomic E-state index is 0.770. The fourth-order valence-electron chi connectivity index (χ4n) is 2.85. The summed E-state index contributed by atoms with van der Waals surface area (Å²) in [6, 6.07) is 4.09. The fraction of sp³-hybridized carbons (Fsp3) is 0.471. The van der Waals surface area contributed by atoms with Gasteiger partial charge in [0.2, 0.25) is 0 Å². The van der Waals surface area contributed by atoms with Gasteiger partial charge in [0.05, 0.1) is 0 Å². The second kappa shape index (κ2) is 6.20. The molecule has 1 N–H and O–H groups in total. The second-order valence-electron chi connectivity index (χ2n) is 5.47. The summed E-state index contributed by atoms with van der Waals surface area (Å²) in [6.45, 7) is 5.26. The molecule has 0 amide bonds. The summed E-state index contributed by atoms with van der Waals surface area (Å²) in [4.78, 5) is 14.1. The standard InChI is InChI=1S/C17H22N4/c1-3-10-19-16-13-8-5-9-14(13)20-17(21-16)15-12(4-2)7-6-11-18-15/h6-7,11H,3-5,8-10H2,1-2H3,(H,19,20,21). The largest absolute Gasteiger partial charge is 0.370 e. The van der Waals surface area contributed by atoms with Crippen LogP contribution in [0.3, 0.4) is 0 Å². The third-order valence-electron chi connectivity index (χ3n) is 3.96. The van der Waals surface area contributed by atoms with E-state index in [0.29, 0.717) is 0 Å². The molecule has 0 spiro atoms. The summed E-state index contributed by atoms with van der Waals surface area (Å²) in [5.74, 6) is 1.79. The quantitative estimate of drug-likeness (QED) is 0.913. The second-order valence-corrected chi connectivity index (χ2v) is 5.47. The minimum Gasteiger partial charge on any atom is -0.370 e. The van der Waals surface area contributed by atoms with E-state index in [0.717, 1.165) is 49.6 Å². The molecule has 2 heterocycles. The monoisotopic (exact) mass is 282 g/mol. The van der Waals surface area contributed by atoms with Crippen molar-refractivity contribution < 1.29 is 0 Å². The zero-order valence-electron chi connectivity index (χ0n) is 12.8. The van der Waals surface area contributed by atoms with E-state index in [1.165, 1.54) is 23.2 Å². The fourth-order valence-corrected chi connectivity index (χ4v) is 2.85. The summed E-state index contributed by atoms with van der Waals surface area (Å²) < 4.78 is 0. The lowest BCUT2D eigenvalue weighted by atomic mass is 10.1. The molecule has 1 aliphatic rings. The molecule has 21 heavy (non-hydrogen) atoms. The number of aromatic nitrogens is 3. The van der Waals surface area contributed by atoms with Crippen molar-refractivity contribution in [3.63, 3.8) is 0 Å². The van der Waals surface area contributed by atoms with Gasteiger partial charge in [-0.25, -0.2) is 9.97 Å². The summed E-state index contributed by atoms with van der Waals surface area (Å²) in [6.07, 6.45) is 7.19. The number of nitrogens with one attached hydrogen (secondary N) is 1. The highest BCUT2D eigenvalue weighted by molar-refractivity contribution is 5.60. The summed E-state index contributed by atoms with van der Waals surface area (Å²) in [5, 5.41) is 3.46. The molecule has 0 saturated carbocycles. The van der Waals surface area contributed by atoms with Crippen molar-refractivity contribution in [2.24, 2.45) is 0 Å². The highest BCUT2D eigenvalue weighted by Crippen LogP contribution is 2.29. The number of nitrogens with zero attached hydrogens (tertiary/aromatic N) is 3. The topological polar surface area (TPSA) is 50.7 Å². The Morgan fingerprint density at radius 1 is 1.19 bits per heavy atom. The van der Waals surface area contributed by atoms with Gasteiger partial charge in [-0.2, -0.15) is 0 Å². The molecule has 4 heteroatoms. The smallest absolute Gasteiger partial charge is 0.180 e. The Hall–Kier alpha value is -1.97. The SMILES string of the molecule is CCCNc1nc(-c2ncccc2CC)nc2c1CCC2. The van der Waals surface area contributed by atoms with Crippen LogP contribution in [0.5, 0.6) is 0 Å². The summed E-state index contributed by atoms with van der Waals surface area (Å²) in [5.41, 5.74) is 4.64. The van der Waals surface area contributed by atoms with E-state index in [-0.39, 0.29) is 0 Å². The average molecular weight is 282 g/mol. The Kier molecular flexibility index (Phi) is 4.13. The first-order valence-corrected chi connectivity index (χ1v) is 7.91. The Labute approximate surface area is 126 Å². The Bertz CT molecular complexity index is 637. The molecule has 1 aliphatic carbocycles. The number of aryl methyl sites for hydroxylation is 2. The molecule has 0 aromatic carbocycles. The van der Waals surface area contributed by atoms with Crippen LogP contribution in [0, 0.1) is 0 Å². The summed E-state index contributed by atoms with van der Waals surface area (Å²) in [7, 11) is 0. The molecule has 3 rings (SSSR count). The van der Waals surface area contributed by atoms with Gasteiger partial charge < -0.3 is 5.32 Å². The van der Waals surface area contributed by atoms with E-state index in [9.17, 15) is 0 Å². The van der Waals surface area contributed by atoms with Crippen molar-refractivity contribution in [1.82, 2.24) is 15.0 Å². The number of fused-ring (bicyclic) bond motifs is 1. The first-order valence-electron chi connectivity index (χ1n) is 7.91. The lowest BCUT2D eigenvalue weighted by Gasteiger charge is -2.12. The van der Waals surface area contributed by atoms with Gasteiger partial charge in [0.15, 0.2) is 5.82 Å². The highest BCUT2D eigenvalue weighted by Gasteiger charge is 2.20. The molecule has 2 aromatic rings. The van der Waals surface area contributed by atoms with Crippen molar-refractivity contribution in [2.75, 3.05) is 11.9 Å². The van der Waals surface area contributed by atoms with Crippen molar-refractivity contribution in [2.45, 2.75) is 46.0 Å². The molecule has 0 saturated heterocycles. The van der Waals surface area contributed by atoms with Crippen molar-refractivity contribution in [1.29, 1.82) is 0 Å². The molecule has 0 radical (unpaired) electrons. The minimum atomic E-state index is 0.770. The van der Waals surface area contributed by atoms with Crippen molar-refractivity contribution in [3.8, 4) is 11.5 Å². The van der Waals surface area contributed by atoms with Crippen LogP contribution in [0.2, 0.25) is 0 Å². The molecular weight excluding hydrogens is 260 g/mol. The molecule has 110 valence electrons. The molecule has 0 unspecified atom stereocenters. The van der Waals surface area contributed by atoms with E-state index < -0.39 is 0 Å². The Morgan fingerprint density at radius 3 is 2.90 bits per heavy atom. The molecule has 0 fully saturated rings. The Morgan fingerprint density at radius 2 is 2.10 bits per heavy atom. The summed E-state index contributed by atoms with van der Waals surface area (Å²) >= 11 is 0. The predicted molar refractivity (Wildman–Crippen MR) is 85.4 cm³/mol. The number of hydrogen-bond acceptors (Lipinski definition) is 4. The van der Waals surface area contributed by atoms with Crippen molar-refractivity contribution in [3.05, 3.63) is 35.2 Å². The number of anilines is 1. The van der Waals surface area contributed by atoms with E-state index in [1.807, 2.05) is 12.3 Å². The normalized spacial score (nSPS) is 13.2. The lowest BCUT2D eigenvalue weighted by molar-refractivity contribution is 0.898. The van der Waals surface area contributed by atoms with E-state index >= 15 is 0 Å². The van der Waals surface area contributed by atoms with Gasteiger partial charge in [0, 0.05) is 24.0 Å². The van der Waals surface area contributed by atoms with Crippen LogP contribution in [-0.4, -0.2) is 21.5 Å². The van der Waals surface area contributed by atoms with Crippen LogP contribution in [0.4, 0.5) is 5.82 Å². The van der Waals surface area contributed by atoms with E-state index in [2.05, 4.69) is 30.2 Å². The van der Waals surface area contributed by atoms with Crippen LogP contribution < -0.4 is 5.32 Å². The third-order valence-corrected chi connectivity index (χ3v) is 3.96. The van der Waals surface area contributed by atoms with Gasteiger partial charge in [-0.05, 0) is 43.7 Å². The van der Waals surface area contributed by atoms with Gasteiger partial charge in [-0.1, -0.05) is 19.9 Å². The van der Waals surface area contributed by atoms with E-state index in [1.54, 1.807) is 0 Å². The van der Waals surface area contributed by atoms with Crippen LogP contribution >= 0.6 is 0 Å². The number of hydrogen-bond donors (Lipinski definition) is 1. The maximum Gasteiger partial charge on any atom is 0.180 e. The molecule has 4 nitrogen and oxygen atoms in total. The maximum absolute atomic E-state index is 4.79. The van der Waals surface area contributed by atoms with Gasteiger partial charge in [-0.15, -0.1) is 0 Å². The van der Waals surface area contributed by atoms with Gasteiger partial charge >= 0.3 is 0 Å². The predicted octanol–water partition coefficient (Wildman–Crippen LogP) is 3.41. The Balaban J connectivity index is 2.07. The van der Waals surface area contributed by atoms with Gasteiger partial charge in [0.1, 0.15) is 11.5 Å². The van der Waals surface area contributed by atoms with Crippen LogP contribution in [0.15, 0.2) is 18.3 Å². The van der Waals surface area contributed by atoms with Gasteiger partial charge in [-0.3, -0.25) is 4.98 Å². The van der Waals surface area contributed by atoms with Crippen LogP contribution in [0.1, 0.15) is 43.5 Å². The first kappa shape index (κ1) is 14.0. The highest BCUT2D eigenvalue weighted by atomic mass is 15.0. The average Bonchev–Trinajstić information content (AvgIpc) is 3.01. The zero-order valence-corrected chi connectivity index (χ0v) is 12.8.